The smallest absolute Gasteiger partial charge is 0.0500 e. The summed E-state index contributed by atoms with van der Waals surface area (Å²) >= 11 is 0. The molecule has 1 saturated carbocycles. The fourth-order valence-electron chi connectivity index (χ4n) is 5.23. The molecule has 5 rings (SSSR count). The molecule has 0 radical (unpaired) electrons. The van der Waals surface area contributed by atoms with Gasteiger partial charge in [-0.05, 0) is 48.6 Å². The van der Waals surface area contributed by atoms with Crippen LogP contribution in [0.3, 0.4) is 0 Å². The molecule has 26 heavy (non-hydrogen) atoms. The van der Waals surface area contributed by atoms with E-state index in [0.29, 0.717) is 12.0 Å². The molecule has 0 saturated heterocycles. The predicted molar refractivity (Wildman–Crippen MR) is 113 cm³/mol. The number of rotatable bonds is 3. The minimum atomic E-state index is 0.388. The van der Waals surface area contributed by atoms with Gasteiger partial charge in [0.15, 0.2) is 0 Å². The van der Waals surface area contributed by atoms with Crippen LogP contribution in [-0.4, -0.2) is 4.57 Å². The highest BCUT2D eigenvalue weighted by molar-refractivity contribution is 5.94. The van der Waals surface area contributed by atoms with Crippen LogP contribution in [0.4, 0.5) is 0 Å². The maximum Gasteiger partial charge on any atom is 0.0500 e. The fraction of sp³-hybridized carbons (Fsp3) is 0.280. The summed E-state index contributed by atoms with van der Waals surface area (Å²) in [6.45, 7) is 6.30. The van der Waals surface area contributed by atoms with Crippen LogP contribution < -0.4 is 0 Å². The monoisotopic (exact) mass is 339 g/mol. The molecule has 0 N–H and O–H groups in total. The Morgan fingerprint density at radius 2 is 1.85 bits per heavy atom. The van der Waals surface area contributed by atoms with E-state index >= 15 is 0 Å². The Balaban J connectivity index is 1.85. The van der Waals surface area contributed by atoms with Gasteiger partial charge in [-0.1, -0.05) is 68.0 Å². The number of aromatic nitrogens is 1. The van der Waals surface area contributed by atoms with Crippen LogP contribution in [0.5, 0.6) is 0 Å². The summed E-state index contributed by atoms with van der Waals surface area (Å²) in [5.41, 5.74) is 9.72. The van der Waals surface area contributed by atoms with Gasteiger partial charge in [-0.15, -0.1) is 0 Å². The second kappa shape index (κ2) is 6.02. The molecule has 0 aromatic carbocycles. The molecule has 1 aromatic heterocycles. The zero-order valence-corrected chi connectivity index (χ0v) is 15.4. The van der Waals surface area contributed by atoms with Gasteiger partial charge in [0.1, 0.15) is 0 Å². The van der Waals surface area contributed by atoms with Crippen LogP contribution in [0, 0.1) is 5.92 Å². The molecule has 1 heteroatoms. The first-order valence-electron chi connectivity index (χ1n) is 9.85. The van der Waals surface area contributed by atoms with Crippen molar-refractivity contribution in [3.05, 3.63) is 82.8 Å². The quantitative estimate of drug-likeness (QED) is 0.574. The summed E-state index contributed by atoms with van der Waals surface area (Å²) in [5.74, 6) is 0.388. The van der Waals surface area contributed by atoms with Crippen LogP contribution in [0.2, 0.25) is 0 Å². The molecule has 1 fully saturated rings. The van der Waals surface area contributed by atoms with Crippen molar-refractivity contribution in [2.75, 3.05) is 0 Å². The second-order valence-corrected chi connectivity index (χ2v) is 7.66. The summed E-state index contributed by atoms with van der Waals surface area (Å²) in [7, 11) is 0. The first kappa shape index (κ1) is 15.7. The van der Waals surface area contributed by atoms with E-state index in [1.54, 1.807) is 0 Å². The largest absolute Gasteiger partial charge is 0.337 e. The van der Waals surface area contributed by atoms with E-state index in [4.69, 9.17) is 0 Å². The van der Waals surface area contributed by atoms with E-state index in [9.17, 15) is 0 Å². The van der Waals surface area contributed by atoms with Crippen molar-refractivity contribution < 1.29 is 0 Å². The van der Waals surface area contributed by atoms with Crippen molar-refractivity contribution >= 4 is 23.8 Å². The van der Waals surface area contributed by atoms with Gasteiger partial charge in [0, 0.05) is 34.5 Å². The van der Waals surface area contributed by atoms with Crippen molar-refractivity contribution in [1.82, 2.24) is 4.57 Å². The average Bonchev–Trinajstić information content (AvgIpc) is 3.28. The normalized spacial score (nSPS) is 23.6. The van der Waals surface area contributed by atoms with Gasteiger partial charge in [-0.2, -0.15) is 0 Å². The zero-order chi connectivity index (χ0) is 17.7. The lowest BCUT2D eigenvalue weighted by molar-refractivity contribution is 0.514. The molecule has 1 aromatic rings. The molecule has 0 amide bonds. The van der Waals surface area contributed by atoms with E-state index in [0.717, 1.165) is 0 Å². The lowest BCUT2D eigenvalue weighted by Crippen LogP contribution is -2.18. The van der Waals surface area contributed by atoms with Gasteiger partial charge in [-0.25, -0.2) is 0 Å². The van der Waals surface area contributed by atoms with Gasteiger partial charge in [-0.3, -0.25) is 0 Å². The number of hydrogen-bond acceptors (Lipinski definition) is 0. The minimum absolute atomic E-state index is 0.388. The molecule has 1 nitrogen and oxygen atoms in total. The Bertz CT molecular complexity index is 962. The number of fused-ring (bicyclic) bond motifs is 2. The van der Waals surface area contributed by atoms with E-state index < -0.39 is 0 Å². The molecule has 1 atom stereocenters. The van der Waals surface area contributed by atoms with Gasteiger partial charge >= 0.3 is 0 Å². The Morgan fingerprint density at radius 1 is 1.08 bits per heavy atom. The third kappa shape index (κ3) is 2.10. The highest BCUT2D eigenvalue weighted by atomic mass is 15.0. The summed E-state index contributed by atoms with van der Waals surface area (Å²) in [6.07, 6.45) is 27.7. The van der Waals surface area contributed by atoms with Crippen molar-refractivity contribution in [3.63, 3.8) is 0 Å². The van der Waals surface area contributed by atoms with E-state index in [2.05, 4.69) is 78.8 Å². The number of nitrogens with zero attached hydrogens (tertiary/aromatic N) is 1. The third-order valence-corrected chi connectivity index (χ3v) is 6.25. The topological polar surface area (TPSA) is 4.93 Å². The summed E-state index contributed by atoms with van der Waals surface area (Å²) in [5, 5.41) is 0. The molecule has 0 aliphatic heterocycles. The maximum atomic E-state index is 4.19. The van der Waals surface area contributed by atoms with Gasteiger partial charge in [0.25, 0.3) is 0 Å². The van der Waals surface area contributed by atoms with E-state index in [-0.39, 0.29) is 0 Å². The van der Waals surface area contributed by atoms with E-state index in [1.807, 2.05) is 0 Å². The molecule has 1 unspecified atom stereocenters. The van der Waals surface area contributed by atoms with Crippen LogP contribution >= 0.6 is 0 Å². The molecular formula is C25H25N. The molecule has 4 aliphatic carbocycles. The standard InChI is InChI=1S/C25H25N/c1-3-9-20-22(4-2)26(19-13-5-6-14-19)23-16-18-12-7-10-17-11-8-15-21(24(17)18)25(20)23/h3-4,7-12,15-16,19,24H,2,5-6,13-14H2,1H3/b9-3-. The summed E-state index contributed by atoms with van der Waals surface area (Å²) in [6, 6.07) is 0.603. The van der Waals surface area contributed by atoms with Crippen molar-refractivity contribution in [3.8, 4) is 0 Å². The van der Waals surface area contributed by atoms with Crippen LogP contribution in [0.1, 0.15) is 61.2 Å². The zero-order valence-electron chi connectivity index (χ0n) is 15.4. The fourth-order valence-corrected chi connectivity index (χ4v) is 5.23. The average molecular weight is 339 g/mol. The van der Waals surface area contributed by atoms with Crippen molar-refractivity contribution in [1.29, 1.82) is 0 Å². The van der Waals surface area contributed by atoms with Crippen molar-refractivity contribution in [2.24, 2.45) is 5.92 Å². The van der Waals surface area contributed by atoms with Crippen LogP contribution in [0.15, 0.2) is 60.3 Å². The SMILES string of the molecule is C=Cc1c(/C=C\C)c2c(n1C1CCCC1)C=C1C=CC=C3C=CC=C2C31. The van der Waals surface area contributed by atoms with Gasteiger partial charge in [0.2, 0.25) is 0 Å². The lowest BCUT2D eigenvalue weighted by atomic mass is 9.72. The van der Waals surface area contributed by atoms with Crippen LogP contribution in [-0.2, 0) is 0 Å². The van der Waals surface area contributed by atoms with Crippen molar-refractivity contribution in [2.45, 2.75) is 38.6 Å². The maximum absolute atomic E-state index is 4.19. The molecule has 130 valence electrons. The number of hydrogen-bond donors (Lipinski definition) is 0. The molecule has 0 spiro atoms. The lowest BCUT2D eigenvalue weighted by Gasteiger charge is -2.32. The Kier molecular flexibility index (Phi) is 3.63. The minimum Gasteiger partial charge on any atom is -0.337 e. The second-order valence-electron chi connectivity index (χ2n) is 7.66. The molecule has 1 heterocycles. The van der Waals surface area contributed by atoms with Crippen LogP contribution in [0.25, 0.3) is 23.8 Å². The molecular weight excluding hydrogens is 314 g/mol. The Morgan fingerprint density at radius 3 is 2.62 bits per heavy atom. The molecule has 0 bridgehead atoms. The highest BCUT2D eigenvalue weighted by Crippen LogP contribution is 2.50. The van der Waals surface area contributed by atoms with Gasteiger partial charge in [0.05, 0.1) is 0 Å². The van der Waals surface area contributed by atoms with E-state index in [1.165, 1.54) is 64.9 Å². The number of allylic oxidation sites excluding steroid dienone is 10. The first-order valence-corrected chi connectivity index (χ1v) is 9.85. The molecule has 4 aliphatic rings. The first-order chi connectivity index (χ1) is 12.8. The summed E-state index contributed by atoms with van der Waals surface area (Å²) in [4.78, 5) is 0. The third-order valence-electron chi connectivity index (χ3n) is 6.25. The summed E-state index contributed by atoms with van der Waals surface area (Å²) < 4.78 is 2.60. The highest BCUT2D eigenvalue weighted by Gasteiger charge is 2.36. The van der Waals surface area contributed by atoms with Gasteiger partial charge < -0.3 is 4.57 Å². The Hall–Kier alpha value is -2.54. The Labute approximate surface area is 156 Å². The predicted octanol–water partition coefficient (Wildman–Crippen LogP) is 6.74.